The SMILES string of the molecule is CN(C)C(=O)CN=C(NCC1CCOC1)N1CC2OCCN(Cc3ccccc3)C2C1. The van der Waals surface area contributed by atoms with Crippen molar-refractivity contribution in [3.63, 3.8) is 0 Å². The van der Waals surface area contributed by atoms with Gasteiger partial charge in [0.15, 0.2) is 5.96 Å². The highest BCUT2D eigenvalue weighted by molar-refractivity contribution is 5.85. The van der Waals surface area contributed by atoms with Gasteiger partial charge in [-0.15, -0.1) is 0 Å². The number of fused-ring (bicyclic) bond motifs is 1. The van der Waals surface area contributed by atoms with E-state index in [1.807, 2.05) is 0 Å². The number of morpholine rings is 1. The second kappa shape index (κ2) is 10.4. The van der Waals surface area contributed by atoms with Crippen LogP contribution in [0.5, 0.6) is 0 Å². The number of nitrogens with zero attached hydrogens (tertiary/aromatic N) is 4. The molecule has 3 fully saturated rings. The van der Waals surface area contributed by atoms with Crippen molar-refractivity contribution in [3.05, 3.63) is 35.9 Å². The van der Waals surface area contributed by atoms with Gasteiger partial charge in [-0.25, -0.2) is 4.99 Å². The Morgan fingerprint density at radius 3 is 2.81 bits per heavy atom. The Labute approximate surface area is 185 Å². The number of carbonyl (C=O) groups excluding carboxylic acids is 1. The summed E-state index contributed by atoms with van der Waals surface area (Å²) in [6.07, 6.45) is 1.22. The number of guanidine groups is 1. The highest BCUT2D eigenvalue weighted by atomic mass is 16.5. The lowest BCUT2D eigenvalue weighted by Crippen LogP contribution is -2.50. The fraction of sp³-hybridized carbons (Fsp3) is 0.652. The molecule has 8 heteroatoms. The van der Waals surface area contributed by atoms with Crippen LogP contribution in [-0.2, 0) is 20.8 Å². The quantitative estimate of drug-likeness (QED) is 0.529. The maximum atomic E-state index is 12.1. The Kier molecular flexibility index (Phi) is 7.42. The third-order valence-corrected chi connectivity index (χ3v) is 6.38. The molecule has 0 saturated carbocycles. The lowest BCUT2D eigenvalue weighted by atomic mass is 10.1. The van der Waals surface area contributed by atoms with E-state index in [9.17, 15) is 4.79 Å². The van der Waals surface area contributed by atoms with Crippen molar-refractivity contribution < 1.29 is 14.3 Å². The zero-order valence-corrected chi connectivity index (χ0v) is 18.7. The number of ether oxygens (including phenoxy) is 2. The number of benzene rings is 1. The zero-order chi connectivity index (χ0) is 21.6. The number of hydrogen-bond acceptors (Lipinski definition) is 5. The highest BCUT2D eigenvalue weighted by Gasteiger charge is 2.41. The van der Waals surface area contributed by atoms with Gasteiger partial charge in [0, 0.05) is 59.3 Å². The predicted octanol–water partition coefficient (Wildman–Crippen LogP) is 0.642. The number of hydrogen-bond donors (Lipinski definition) is 1. The number of likely N-dealkylation sites (N-methyl/N-ethyl adjacent to an activating group) is 1. The van der Waals surface area contributed by atoms with Gasteiger partial charge in [-0.2, -0.15) is 0 Å². The Morgan fingerprint density at radius 1 is 1.23 bits per heavy atom. The number of rotatable bonds is 6. The molecule has 3 aliphatic rings. The van der Waals surface area contributed by atoms with Crippen LogP contribution in [0.3, 0.4) is 0 Å². The minimum atomic E-state index is 0.00191. The van der Waals surface area contributed by atoms with E-state index in [1.54, 1.807) is 19.0 Å². The molecule has 3 unspecified atom stereocenters. The molecule has 1 N–H and O–H groups in total. The zero-order valence-electron chi connectivity index (χ0n) is 18.7. The first kappa shape index (κ1) is 22.0. The smallest absolute Gasteiger partial charge is 0.243 e. The van der Waals surface area contributed by atoms with Gasteiger partial charge in [0.2, 0.25) is 5.91 Å². The molecule has 1 amide bonds. The summed E-state index contributed by atoms with van der Waals surface area (Å²) >= 11 is 0. The van der Waals surface area contributed by atoms with Crippen LogP contribution < -0.4 is 5.32 Å². The molecule has 31 heavy (non-hydrogen) atoms. The second-order valence-electron chi connectivity index (χ2n) is 8.88. The molecular formula is C23H35N5O3. The Balaban J connectivity index is 1.43. The van der Waals surface area contributed by atoms with Gasteiger partial charge in [-0.3, -0.25) is 9.69 Å². The van der Waals surface area contributed by atoms with E-state index >= 15 is 0 Å². The molecule has 0 radical (unpaired) electrons. The van der Waals surface area contributed by atoms with Crippen LogP contribution in [0, 0.1) is 5.92 Å². The molecule has 3 saturated heterocycles. The summed E-state index contributed by atoms with van der Waals surface area (Å²) in [6.45, 7) is 6.83. The van der Waals surface area contributed by atoms with Crippen molar-refractivity contribution in [1.82, 2.24) is 20.0 Å². The number of likely N-dealkylation sites (tertiary alicyclic amines) is 1. The van der Waals surface area contributed by atoms with Crippen LogP contribution in [0.2, 0.25) is 0 Å². The molecule has 1 aromatic carbocycles. The van der Waals surface area contributed by atoms with Crippen LogP contribution in [0.15, 0.2) is 35.3 Å². The molecule has 0 aliphatic carbocycles. The lowest BCUT2D eigenvalue weighted by molar-refractivity contribution is -0.127. The normalized spacial score (nSPS) is 26.7. The van der Waals surface area contributed by atoms with E-state index in [0.717, 1.165) is 64.9 Å². The van der Waals surface area contributed by atoms with Crippen molar-refractivity contribution in [1.29, 1.82) is 0 Å². The standard InChI is InChI=1S/C23H35N5O3/c1-26(2)22(29)13-25-23(24-12-19-8-10-30-17-19)28-15-20-21(16-28)31-11-9-27(20)14-18-6-4-3-5-7-18/h3-7,19-21H,8-17H2,1-2H3,(H,24,25). The molecule has 8 nitrogen and oxygen atoms in total. The highest BCUT2D eigenvalue weighted by Crippen LogP contribution is 2.25. The van der Waals surface area contributed by atoms with E-state index in [2.05, 4.69) is 50.4 Å². The van der Waals surface area contributed by atoms with Crippen molar-refractivity contribution in [2.45, 2.75) is 25.1 Å². The van der Waals surface area contributed by atoms with E-state index in [0.29, 0.717) is 12.0 Å². The van der Waals surface area contributed by atoms with Gasteiger partial charge in [0.25, 0.3) is 0 Å². The fourth-order valence-electron chi connectivity index (χ4n) is 4.48. The topological polar surface area (TPSA) is 69.6 Å². The van der Waals surface area contributed by atoms with Crippen LogP contribution in [0.1, 0.15) is 12.0 Å². The fourth-order valence-corrected chi connectivity index (χ4v) is 4.48. The van der Waals surface area contributed by atoms with Crippen LogP contribution >= 0.6 is 0 Å². The van der Waals surface area contributed by atoms with Crippen molar-refractivity contribution in [3.8, 4) is 0 Å². The van der Waals surface area contributed by atoms with Crippen LogP contribution in [0.4, 0.5) is 0 Å². The molecule has 170 valence electrons. The van der Waals surface area contributed by atoms with Gasteiger partial charge >= 0.3 is 0 Å². The van der Waals surface area contributed by atoms with Gasteiger partial charge < -0.3 is 24.6 Å². The van der Waals surface area contributed by atoms with Crippen molar-refractivity contribution in [2.75, 3.05) is 66.6 Å². The summed E-state index contributed by atoms with van der Waals surface area (Å²) in [7, 11) is 3.53. The predicted molar refractivity (Wildman–Crippen MR) is 120 cm³/mol. The van der Waals surface area contributed by atoms with Gasteiger partial charge in [-0.1, -0.05) is 30.3 Å². The monoisotopic (exact) mass is 429 g/mol. The third kappa shape index (κ3) is 5.75. The molecule has 0 aromatic heterocycles. The first-order valence-corrected chi connectivity index (χ1v) is 11.3. The minimum absolute atomic E-state index is 0.00191. The van der Waals surface area contributed by atoms with Crippen molar-refractivity contribution >= 4 is 11.9 Å². The molecule has 3 aliphatic heterocycles. The maximum Gasteiger partial charge on any atom is 0.243 e. The summed E-state index contributed by atoms with van der Waals surface area (Å²) in [5, 5.41) is 3.52. The summed E-state index contributed by atoms with van der Waals surface area (Å²) in [6, 6.07) is 10.9. The van der Waals surface area contributed by atoms with E-state index in [-0.39, 0.29) is 18.6 Å². The molecular weight excluding hydrogens is 394 g/mol. The molecule has 1 aromatic rings. The summed E-state index contributed by atoms with van der Waals surface area (Å²) in [4.78, 5) is 23.2. The first-order valence-electron chi connectivity index (χ1n) is 11.3. The number of nitrogens with one attached hydrogen (secondary N) is 1. The average Bonchev–Trinajstić information content (AvgIpc) is 3.44. The van der Waals surface area contributed by atoms with Crippen molar-refractivity contribution in [2.24, 2.45) is 10.9 Å². The van der Waals surface area contributed by atoms with Gasteiger partial charge in [0.05, 0.1) is 25.4 Å². The lowest BCUT2D eigenvalue weighted by Gasteiger charge is -2.36. The Hall–Kier alpha value is -2.16. The average molecular weight is 430 g/mol. The summed E-state index contributed by atoms with van der Waals surface area (Å²) < 4.78 is 11.6. The number of carbonyl (C=O) groups is 1. The molecule has 4 rings (SSSR count). The summed E-state index contributed by atoms with van der Waals surface area (Å²) in [5.41, 5.74) is 1.33. The Morgan fingerprint density at radius 2 is 2.06 bits per heavy atom. The van der Waals surface area contributed by atoms with Crippen LogP contribution in [0.25, 0.3) is 0 Å². The molecule has 0 bridgehead atoms. The largest absolute Gasteiger partial charge is 0.381 e. The minimum Gasteiger partial charge on any atom is -0.381 e. The summed E-state index contributed by atoms with van der Waals surface area (Å²) in [5.74, 6) is 1.30. The van der Waals surface area contributed by atoms with Gasteiger partial charge in [-0.05, 0) is 12.0 Å². The van der Waals surface area contributed by atoms with E-state index in [4.69, 9.17) is 9.47 Å². The number of amides is 1. The van der Waals surface area contributed by atoms with Crippen LogP contribution in [-0.4, -0.2) is 105 Å². The third-order valence-electron chi connectivity index (χ3n) is 6.38. The molecule has 3 heterocycles. The maximum absolute atomic E-state index is 12.1. The first-order chi connectivity index (χ1) is 15.1. The Bertz CT molecular complexity index is 751. The van der Waals surface area contributed by atoms with E-state index in [1.165, 1.54) is 5.56 Å². The van der Waals surface area contributed by atoms with Gasteiger partial charge in [0.1, 0.15) is 6.54 Å². The number of aliphatic imine (C=N–C) groups is 1. The van der Waals surface area contributed by atoms with E-state index < -0.39 is 0 Å². The second-order valence-corrected chi connectivity index (χ2v) is 8.88. The molecule has 0 spiro atoms. The molecule has 3 atom stereocenters.